The minimum absolute atomic E-state index is 0.0259. The van der Waals surface area contributed by atoms with Gasteiger partial charge in [0.05, 0.1) is 25.1 Å². The van der Waals surface area contributed by atoms with Crippen LogP contribution < -0.4 is 16.4 Å². The topological polar surface area (TPSA) is 132 Å². The van der Waals surface area contributed by atoms with E-state index in [9.17, 15) is 14.4 Å². The maximum absolute atomic E-state index is 12.9. The summed E-state index contributed by atoms with van der Waals surface area (Å²) in [6.07, 6.45) is 6.65. The van der Waals surface area contributed by atoms with Crippen LogP contribution in [0.2, 0.25) is 0 Å². The number of nitrogens with two attached hydrogens (primary N) is 1. The fourth-order valence-electron chi connectivity index (χ4n) is 3.69. The lowest BCUT2D eigenvalue weighted by Gasteiger charge is -2.23. The average Bonchev–Trinajstić information content (AvgIpc) is 3.51. The fraction of sp³-hybridized carbons (Fsp3) is 0.520. The van der Waals surface area contributed by atoms with Crippen LogP contribution in [0.15, 0.2) is 42.9 Å². The van der Waals surface area contributed by atoms with Gasteiger partial charge in [-0.25, -0.2) is 4.98 Å². The number of anilines is 1. The molecule has 0 bridgehead atoms. The number of amides is 3. The largest absolute Gasteiger partial charge is 0.374 e. The molecule has 3 rings (SSSR count). The molecular formula is C25H36N6O4. The van der Waals surface area contributed by atoms with E-state index in [1.807, 2.05) is 39.8 Å². The van der Waals surface area contributed by atoms with Gasteiger partial charge in [-0.3, -0.25) is 14.4 Å². The number of hydrogen-bond acceptors (Lipinski definition) is 6. The Hall–Kier alpha value is -3.24. The molecule has 1 fully saturated rings. The van der Waals surface area contributed by atoms with Crippen LogP contribution in [-0.4, -0.2) is 63.4 Å². The molecule has 0 unspecified atom stereocenters. The van der Waals surface area contributed by atoms with Gasteiger partial charge in [0.1, 0.15) is 6.04 Å². The van der Waals surface area contributed by atoms with Gasteiger partial charge in [0, 0.05) is 32.3 Å². The molecule has 10 heteroatoms. The van der Waals surface area contributed by atoms with Crippen LogP contribution in [0.4, 0.5) is 5.82 Å². The quantitative estimate of drug-likeness (QED) is 0.420. The zero-order valence-electron chi connectivity index (χ0n) is 20.5. The van der Waals surface area contributed by atoms with E-state index in [2.05, 4.69) is 15.6 Å². The van der Waals surface area contributed by atoms with Gasteiger partial charge in [0.2, 0.25) is 11.8 Å². The van der Waals surface area contributed by atoms with E-state index in [0.29, 0.717) is 31.8 Å². The summed E-state index contributed by atoms with van der Waals surface area (Å²) in [7, 11) is 0. The predicted octanol–water partition coefficient (Wildman–Crippen LogP) is 1.66. The molecule has 0 spiro atoms. The molecule has 35 heavy (non-hydrogen) atoms. The Morgan fingerprint density at radius 1 is 1.17 bits per heavy atom. The third-order valence-corrected chi connectivity index (χ3v) is 5.75. The van der Waals surface area contributed by atoms with E-state index in [-0.39, 0.29) is 12.5 Å². The van der Waals surface area contributed by atoms with Crippen molar-refractivity contribution in [2.75, 3.05) is 25.0 Å². The number of hydrogen-bond donors (Lipinski definition) is 3. The zero-order chi connectivity index (χ0) is 25.3. The summed E-state index contributed by atoms with van der Waals surface area (Å²) in [4.78, 5) is 43.7. The molecule has 1 aliphatic rings. The maximum atomic E-state index is 12.9. The Bertz CT molecular complexity index is 979. The summed E-state index contributed by atoms with van der Waals surface area (Å²) in [6, 6.07) is 8.61. The fourth-order valence-corrected chi connectivity index (χ4v) is 3.69. The van der Waals surface area contributed by atoms with E-state index < -0.39 is 23.4 Å². The Balaban J connectivity index is 1.51. The lowest BCUT2D eigenvalue weighted by molar-refractivity contribution is -0.130. The molecule has 190 valence electrons. The van der Waals surface area contributed by atoms with Crippen molar-refractivity contribution in [1.82, 2.24) is 19.8 Å². The Morgan fingerprint density at radius 2 is 1.89 bits per heavy atom. The molecule has 1 aliphatic heterocycles. The lowest BCUT2D eigenvalue weighted by atomic mass is 10.1. The summed E-state index contributed by atoms with van der Waals surface area (Å²) in [6.45, 7) is 5.74. The molecule has 2 heterocycles. The van der Waals surface area contributed by atoms with Crippen molar-refractivity contribution in [3.8, 4) is 0 Å². The van der Waals surface area contributed by atoms with Crippen molar-refractivity contribution < 1.29 is 19.1 Å². The molecular weight excluding hydrogens is 448 g/mol. The zero-order valence-corrected chi connectivity index (χ0v) is 20.5. The van der Waals surface area contributed by atoms with Gasteiger partial charge in [0.25, 0.3) is 5.91 Å². The molecule has 2 aromatic rings. The number of aryl methyl sites for hydroxylation is 1. The van der Waals surface area contributed by atoms with Crippen LogP contribution in [0.3, 0.4) is 0 Å². The van der Waals surface area contributed by atoms with E-state index in [0.717, 1.165) is 31.5 Å². The SMILES string of the molecule is CC(C)(N)C(=O)N[C@H](COCc1ccccc1)C(=O)Nc1cn(CCCC(=O)N2CCCC2)cn1. The Labute approximate surface area is 206 Å². The number of carbonyl (C=O) groups excluding carboxylic acids is 3. The van der Waals surface area contributed by atoms with Crippen molar-refractivity contribution >= 4 is 23.5 Å². The maximum Gasteiger partial charge on any atom is 0.250 e. The minimum atomic E-state index is -1.15. The average molecular weight is 485 g/mol. The number of imidazole rings is 1. The molecule has 10 nitrogen and oxygen atoms in total. The van der Waals surface area contributed by atoms with Gasteiger partial charge in [0.15, 0.2) is 5.82 Å². The molecule has 0 aliphatic carbocycles. The molecule has 1 aromatic carbocycles. The Morgan fingerprint density at radius 3 is 2.57 bits per heavy atom. The summed E-state index contributed by atoms with van der Waals surface area (Å²) >= 11 is 0. The molecule has 1 atom stereocenters. The molecule has 3 amide bonds. The highest BCUT2D eigenvalue weighted by atomic mass is 16.5. The third-order valence-electron chi connectivity index (χ3n) is 5.75. The van der Waals surface area contributed by atoms with E-state index in [4.69, 9.17) is 10.5 Å². The second kappa shape index (κ2) is 12.5. The van der Waals surface area contributed by atoms with Gasteiger partial charge in [-0.05, 0) is 38.7 Å². The Kier molecular flexibility index (Phi) is 9.39. The van der Waals surface area contributed by atoms with Gasteiger partial charge < -0.3 is 30.6 Å². The summed E-state index contributed by atoms with van der Waals surface area (Å²) in [5.41, 5.74) is 5.69. The van der Waals surface area contributed by atoms with Crippen molar-refractivity contribution in [2.24, 2.45) is 5.73 Å². The summed E-state index contributed by atoms with van der Waals surface area (Å²) in [5, 5.41) is 5.40. The van der Waals surface area contributed by atoms with Gasteiger partial charge in [-0.2, -0.15) is 0 Å². The molecule has 4 N–H and O–H groups in total. The minimum Gasteiger partial charge on any atom is -0.374 e. The number of nitrogens with zero attached hydrogens (tertiary/aromatic N) is 3. The van der Waals surface area contributed by atoms with E-state index in [1.165, 1.54) is 0 Å². The second-order valence-electron chi connectivity index (χ2n) is 9.43. The number of ether oxygens (including phenoxy) is 1. The second-order valence-corrected chi connectivity index (χ2v) is 9.43. The third kappa shape index (κ3) is 8.48. The van der Waals surface area contributed by atoms with E-state index in [1.54, 1.807) is 26.4 Å². The normalized spacial score (nSPS) is 14.5. The summed E-state index contributed by atoms with van der Waals surface area (Å²) < 4.78 is 7.53. The highest BCUT2D eigenvalue weighted by Gasteiger charge is 2.28. The first-order valence-electron chi connectivity index (χ1n) is 12.0. The van der Waals surface area contributed by atoms with Crippen LogP contribution in [0.5, 0.6) is 0 Å². The number of aromatic nitrogens is 2. The van der Waals surface area contributed by atoms with Crippen molar-refractivity contribution in [2.45, 2.75) is 64.3 Å². The number of benzene rings is 1. The number of carbonyl (C=O) groups is 3. The summed E-state index contributed by atoms with van der Waals surface area (Å²) in [5.74, 6) is -0.373. The number of nitrogens with one attached hydrogen (secondary N) is 2. The van der Waals surface area contributed by atoms with E-state index >= 15 is 0 Å². The first kappa shape index (κ1) is 26.4. The van der Waals surface area contributed by atoms with Crippen LogP contribution in [0, 0.1) is 0 Å². The molecule has 1 aromatic heterocycles. The van der Waals surface area contributed by atoms with Gasteiger partial charge in [-0.1, -0.05) is 30.3 Å². The van der Waals surface area contributed by atoms with Crippen molar-refractivity contribution in [1.29, 1.82) is 0 Å². The van der Waals surface area contributed by atoms with Crippen LogP contribution in [0.25, 0.3) is 0 Å². The molecule has 0 radical (unpaired) electrons. The first-order valence-corrected chi connectivity index (χ1v) is 12.0. The van der Waals surface area contributed by atoms with Crippen molar-refractivity contribution in [3.05, 3.63) is 48.4 Å². The monoisotopic (exact) mass is 484 g/mol. The smallest absolute Gasteiger partial charge is 0.250 e. The van der Waals surface area contributed by atoms with Crippen molar-refractivity contribution in [3.63, 3.8) is 0 Å². The number of rotatable bonds is 12. The van der Waals surface area contributed by atoms with Crippen LogP contribution in [-0.2, 0) is 32.3 Å². The van der Waals surface area contributed by atoms with Gasteiger partial charge in [-0.15, -0.1) is 0 Å². The van der Waals surface area contributed by atoms with Crippen LogP contribution >= 0.6 is 0 Å². The van der Waals surface area contributed by atoms with Gasteiger partial charge >= 0.3 is 0 Å². The first-order chi connectivity index (χ1) is 16.7. The van der Waals surface area contributed by atoms with Crippen LogP contribution in [0.1, 0.15) is 45.1 Å². The number of likely N-dealkylation sites (tertiary alicyclic amines) is 1. The standard InChI is InChI=1S/C25H36N6O4/c1-25(2,26)24(34)28-20(17-35-16-19-9-4-3-5-10-19)23(33)29-21-15-30(18-27-21)12-8-11-22(32)31-13-6-7-14-31/h3-5,9-10,15,18,20H,6-8,11-14,16-17,26H2,1-2H3,(H,28,34)(H,29,33)/t20-/m1/s1. The predicted molar refractivity (Wildman–Crippen MR) is 132 cm³/mol. The lowest BCUT2D eigenvalue weighted by Crippen LogP contribution is -2.56. The highest BCUT2D eigenvalue weighted by Crippen LogP contribution is 2.11. The molecule has 0 saturated carbocycles. The highest BCUT2D eigenvalue weighted by molar-refractivity contribution is 5.98. The molecule has 1 saturated heterocycles.